The molecule has 1 saturated heterocycles. The van der Waals surface area contributed by atoms with E-state index in [0.717, 1.165) is 64.4 Å². The van der Waals surface area contributed by atoms with E-state index in [0.29, 0.717) is 13.2 Å². The maximum atomic E-state index is 5.50. The summed E-state index contributed by atoms with van der Waals surface area (Å²) in [6, 6.07) is 10.6. The number of nitrogens with one attached hydrogen (secondary N) is 1. The lowest BCUT2D eigenvalue weighted by Crippen LogP contribution is -2.44. The third-order valence-electron chi connectivity index (χ3n) is 4.60. The number of unbranched alkanes of at least 4 members (excludes halogenated alkanes) is 1. The van der Waals surface area contributed by atoms with Crippen molar-refractivity contribution in [3.05, 3.63) is 41.5 Å². The number of hydrogen-bond donors (Lipinski definition) is 1. The van der Waals surface area contributed by atoms with Crippen molar-refractivity contribution in [2.24, 2.45) is 4.99 Å². The molecule has 0 aromatic heterocycles. The highest BCUT2D eigenvalue weighted by Gasteiger charge is 2.17. The van der Waals surface area contributed by atoms with E-state index in [1.165, 1.54) is 11.1 Å². The fourth-order valence-corrected chi connectivity index (χ4v) is 3.11. The van der Waals surface area contributed by atoms with Crippen LogP contribution >= 0.6 is 24.0 Å². The Bertz CT molecular complexity index is 568. The average molecular weight is 501 g/mol. The third kappa shape index (κ3) is 9.89. The Balaban J connectivity index is 0.00000392. The van der Waals surface area contributed by atoms with E-state index in [1.807, 2.05) is 0 Å². The predicted octanol–water partition coefficient (Wildman–Crippen LogP) is 4.19. The first-order chi connectivity index (χ1) is 13.3. The van der Waals surface area contributed by atoms with Gasteiger partial charge in [0.2, 0.25) is 0 Å². The largest absolute Gasteiger partial charge is 0.382 e. The van der Waals surface area contributed by atoms with Gasteiger partial charge >= 0.3 is 0 Å². The van der Waals surface area contributed by atoms with E-state index < -0.39 is 0 Å². The monoisotopic (exact) mass is 501 g/mol. The van der Waals surface area contributed by atoms with Gasteiger partial charge in [-0.05, 0) is 38.2 Å². The van der Waals surface area contributed by atoms with Gasteiger partial charge in [-0.3, -0.25) is 4.99 Å². The van der Waals surface area contributed by atoms with Crippen LogP contribution < -0.4 is 5.32 Å². The molecule has 0 spiro atoms. The molecule has 1 fully saturated rings. The summed E-state index contributed by atoms with van der Waals surface area (Å²) < 4.78 is 10.5. The van der Waals surface area contributed by atoms with Gasteiger partial charge in [-0.25, -0.2) is 0 Å². The standard InChI is InChI=1S/C22H35N3O2.HI/c1-3-23-22(24-13-7-8-16-27-18-17-26-2)25-14-11-21(12-15-25)19-20-9-5-4-6-10-20;/h4-6,9-10,19H,3,7-8,11-18H2,1-2H3,(H,23,24);1H. The smallest absolute Gasteiger partial charge is 0.193 e. The van der Waals surface area contributed by atoms with Crippen molar-refractivity contribution in [1.82, 2.24) is 10.2 Å². The molecule has 0 saturated carbocycles. The van der Waals surface area contributed by atoms with Crippen LogP contribution in [0, 0.1) is 0 Å². The van der Waals surface area contributed by atoms with E-state index in [4.69, 9.17) is 14.5 Å². The summed E-state index contributed by atoms with van der Waals surface area (Å²) >= 11 is 0. The number of piperidine rings is 1. The molecule has 1 aliphatic rings. The Morgan fingerprint density at radius 3 is 2.54 bits per heavy atom. The van der Waals surface area contributed by atoms with E-state index in [-0.39, 0.29) is 24.0 Å². The minimum atomic E-state index is 0. The fraction of sp³-hybridized carbons (Fsp3) is 0.591. The molecule has 0 radical (unpaired) electrons. The van der Waals surface area contributed by atoms with Crippen LogP contribution in [0.4, 0.5) is 0 Å². The lowest BCUT2D eigenvalue weighted by molar-refractivity contribution is 0.0690. The number of halogens is 1. The topological polar surface area (TPSA) is 46.1 Å². The van der Waals surface area contributed by atoms with Crippen LogP contribution in [0.2, 0.25) is 0 Å². The molecular formula is C22H36IN3O2. The Morgan fingerprint density at radius 2 is 1.86 bits per heavy atom. The summed E-state index contributed by atoms with van der Waals surface area (Å²) in [5.74, 6) is 1.05. The van der Waals surface area contributed by atoms with Gasteiger partial charge in [-0.2, -0.15) is 0 Å². The zero-order chi connectivity index (χ0) is 19.2. The van der Waals surface area contributed by atoms with Crippen LogP contribution in [0.3, 0.4) is 0 Å². The number of ether oxygens (including phenoxy) is 2. The van der Waals surface area contributed by atoms with Gasteiger partial charge in [0, 0.05) is 39.9 Å². The fourth-order valence-electron chi connectivity index (χ4n) is 3.11. The number of nitrogens with zero attached hydrogens (tertiary/aromatic N) is 2. The second kappa shape index (κ2) is 15.8. The van der Waals surface area contributed by atoms with Crippen LogP contribution in [0.25, 0.3) is 6.08 Å². The Labute approximate surface area is 187 Å². The molecule has 0 bridgehead atoms. The van der Waals surface area contributed by atoms with Crippen LogP contribution in [0.15, 0.2) is 40.9 Å². The Hall–Kier alpha value is -1.12. The number of hydrogen-bond acceptors (Lipinski definition) is 3. The summed E-state index contributed by atoms with van der Waals surface area (Å²) in [7, 11) is 1.70. The highest BCUT2D eigenvalue weighted by molar-refractivity contribution is 14.0. The number of benzene rings is 1. The van der Waals surface area contributed by atoms with Crippen LogP contribution in [0.5, 0.6) is 0 Å². The van der Waals surface area contributed by atoms with E-state index in [1.54, 1.807) is 7.11 Å². The minimum Gasteiger partial charge on any atom is -0.382 e. The van der Waals surface area contributed by atoms with Crippen molar-refractivity contribution in [3.8, 4) is 0 Å². The van der Waals surface area contributed by atoms with Crippen LogP contribution in [-0.4, -0.2) is 64.0 Å². The first kappa shape index (κ1) is 24.9. The molecule has 0 unspecified atom stereocenters. The molecule has 1 aliphatic heterocycles. The van der Waals surface area contributed by atoms with Crippen molar-refractivity contribution >= 4 is 36.0 Å². The molecule has 6 heteroatoms. The molecule has 1 aromatic carbocycles. The highest BCUT2D eigenvalue weighted by atomic mass is 127. The molecule has 0 amide bonds. The highest BCUT2D eigenvalue weighted by Crippen LogP contribution is 2.19. The molecule has 1 heterocycles. The second-order valence-corrected chi connectivity index (χ2v) is 6.75. The quantitative estimate of drug-likeness (QED) is 0.226. The van der Waals surface area contributed by atoms with Gasteiger partial charge in [0.05, 0.1) is 13.2 Å². The maximum Gasteiger partial charge on any atom is 0.193 e. The number of likely N-dealkylation sites (tertiary alicyclic amines) is 1. The zero-order valence-electron chi connectivity index (χ0n) is 17.4. The first-order valence-corrected chi connectivity index (χ1v) is 10.2. The number of methoxy groups -OCH3 is 1. The van der Waals surface area contributed by atoms with Crippen molar-refractivity contribution in [1.29, 1.82) is 0 Å². The van der Waals surface area contributed by atoms with Crippen molar-refractivity contribution in [2.45, 2.75) is 32.6 Å². The minimum absolute atomic E-state index is 0. The lowest BCUT2D eigenvalue weighted by atomic mass is 10.0. The zero-order valence-corrected chi connectivity index (χ0v) is 19.7. The summed E-state index contributed by atoms with van der Waals surface area (Å²) in [6.45, 7) is 8.07. The molecule has 1 aromatic rings. The van der Waals surface area contributed by atoms with Gasteiger partial charge in [-0.1, -0.05) is 42.0 Å². The summed E-state index contributed by atoms with van der Waals surface area (Å²) in [5.41, 5.74) is 2.83. The summed E-state index contributed by atoms with van der Waals surface area (Å²) in [4.78, 5) is 7.20. The summed E-state index contributed by atoms with van der Waals surface area (Å²) in [6.07, 6.45) is 6.63. The second-order valence-electron chi connectivity index (χ2n) is 6.75. The SMILES string of the molecule is CCNC(=NCCCCOCCOC)N1CCC(=Cc2ccccc2)CC1.I. The molecule has 158 valence electrons. The third-order valence-corrected chi connectivity index (χ3v) is 4.60. The van der Waals surface area contributed by atoms with E-state index in [2.05, 4.69) is 53.5 Å². The number of aliphatic imine (C=N–C) groups is 1. The van der Waals surface area contributed by atoms with Crippen LogP contribution in [-0.2, 0) is 9.47 Å². The molecule has 0 atom stereocenters. The number of rotatable bonds is 10. The molecule has 2 rings (SSSR count). The van der Waals surface area contributed by atoms with E-state index in [9.17, 15) is 0 Å². The van der Waals surface area contributed by atoms with Gasteiger partial charge in [-0.15, -0.1) is 24.0 Å². The number of guanidine groups is 1. The summed E-state index contributed by atoms with van der Waals surface area (Å²) in [5, 5.41) is 3.44. The Morgan fingerprint density at radius 1 is 1.11 bits per heavy atom. The van der Waals surface area contributed by atoms with Crippen molar-refractivity contribution in [3.63, 3.8) is 0 Å². The Kier molecular flexibility index (Phi) is 14.0. The molecule has 5 nitrogen and oxygen atoms in total. The predicted molar refractivity (Wildman–Crippen MR) is 129 cm³/mol. The van der Waals surface area contributed by atoms with E-state index >= 15 is 0 Å². The van der Waals surface area contributed by atoms with Crippen molar-refractivity contribution < 1.29 is 9.47 Å². The van der Waals surface area contributed by atoms with Gasteiger partial charge in [0.1, 0.15) is 0 Å². The lowest BCUT2D eigenvalue weighted by Gasteiger charge is -2.31. The van der Waals surface area contributed by atoms with Crippen LogP contribution in [0.1, 0.15) is 38.2 Å². The van der Waals surface area contributed by atoms with Gasteiger partial charge in [0.15, 0.2) is 5.96 Å². The first-order valence-electron chi connectivity index (χ1n) is 10.2. The molecule has 0 aliphatic carbocycles. The molecular weight excluding hydrogens is 465 g/mol. The molecule has 1 N–H and O–H groups in total. The van der Waals surface area contributed by atoms with Gasteiger partial charge in [0.25, 0.3) is 0 Å². The molecule has 28 heavy (non-hydrogen) atoms. The van der Waals surface area contributed by atoms with Crippen molar-refractivity contribution in [2.75, 3.05) is 53.1 Å². The normalized spacial score (nSPS) is 14.6. The van der Waals surface area contributed by atoms with Gasteiger partial charge < -0.3 is 19.7 Å². The average Bonchev–Trinajstić information content (AvgIpc) is 2.70. The maximum absolute atomic E-state index is 5.50.